The maximum absolute atomic E-state index is 5.93. The molecule has 3 aromatic carbocycles. The van der Waals surface area contributed by atoms with Crippen molar-refractivity contribution in [3.63, 3.8) is 0 Å². The van der Waals surface area contributed by atoms with Crippen molar-refractivity contribution in [1.82, 2.24) is 4.57 Å². The maximum atomic E-state index is 5.93. The van der Waals surface area contributed by atoms with E-state index in [1.165, 1.54) is 0 Å². The molecule has 4 rings (SSSR count). The molecule has 0 fully saturated rings. The number of aromatic nitrogens is 1. The molecule has 27 heavy (non-hydrogen) atoms. The van der Waals surface area contributed by atoms with Crippen molar-refractivity contribution in [3.05, 3.63) is 96.2 Å². The monoisotopic (exact) mass is 355 g/mol. The summed E-state index contributed by atoms with van der Waals surface area (Å²) in [5.41, 5.74) is 3.34. The Morgan fingerprint density at radius 1 is 0.889 bits per heavy atom. The molecule has 0 amide bonds. The van der Waals surface area contributed by atoms with Gasteiger partial charge < -0.3 is 14.0 Å². The molecule has 0 aliphatic rings. The van der Waals surface area contributed by atoms with E-state index in [1.807, 2.05) is 54.7 Å². The summed E-state index contributed by atoms with van der Waals surface area (Å²) < 4.78 is 13.4. The second-order valence-corrected chi connectivity index (χ2v) is 6.28. The summed E-state index contributed by atoms with van der Waals surface area (Å²) >= 11 is 0. The van der Waals surface area contributed by atoms with Gasteiger partial charge in [-0.3, -0.25) is 0 Å². The van der Waals surface area contributed by atoms with Crippen LogP contribution in [0.2, 0.25) is 0 Å². The molecule has 0 bridgehead atoms. The summed E-state index contributed by atoms with van der Waals surface area (Å²) in [4.78, 5) is 0. The number of para-hydroxylation sites is 1. The van der Waals surface area contributed by atoms with Crippen LogP contribution in [-0.4, -0.2) is 11.7 Å². The van der Waals surface area contributed by atoms with Gasteiger partial charge in [0.05, 0.1) is 12.6 Å². The van der Waals surface area contributed by atoms with Crippen LogP contribution in [0.4, 0.5) is 0 Å². The molecule has 0 radical (unpaired) electrons. The quantitative estimate of drug-likeness (QED) is 0.433. The highest BCUT2D eigenvalue weighted by atomic mass is 16.5. The Morgan fingerprint density at radius 2 is 1.70 bits per heavy atom. The van der Waals surface area contributed by atoms with Crippen LogP contribution in [0.1, 0.15) is 11.1 Å². The van der Waals surface area contributed by atoms with E-state index in [0.29, 0.717) is 6.61 Å². The first kappa shape index (κ1) is 17.0. The van der Waals surface area contributed by atoms with Gasteiger partial charge in [0.2, 0.25) is 0 Å². The summed E-state index contributed by atoms with van der Waals surface area (Å²) in [7, 11) is 1.69. The average Bonchev–Trinajstić information content (AvgIpc) is 3.14. The number of benzene rings is 3. The Kier molecular flexibility index (Phi) is 4.93. The number of nitrogens with zero attached hydrogens (tertiary/aromatic N) is 1. The van der Waals surface area contributed by atoms with Crippen molar-refractivity contribution in [2.75, 3.05) is 7.11 Å². The Bertz CT molecular complexity index is 1060. The van der Waals surface area contributed by atoms with E-state index in [1.54, 1.807) is 7.11 Å². The van der Waals surface area contributed by atoms with Gasteiger partial charge in [-0.25, -0.2) is 0 Å². The Balaban J connectivity index is 1.53. The summed E-state index contributed by atoms with van der Waals surface area (Å²) in [6.45, 7) is 0.570. The van der Waals surface area contributed by atoms with Gasteiger partial charge in [0.15, 0.2) is 0 Å². The van der Waals surface area contributed by atoms with E-state index in [4.69, 9.17) is 9.47 Å². The number of rotatable bonds is 6. The zero-order valence-electron chi connectivity index (χ0n) is 15.2. The maximum Gasteiger partial charge on any atom is 0.126 e. The zero-order chi connectivity index (χ0) is 18.5. The number of ether oxygens (including phenoxy) is 2. The molecule has 0 unspecified atom stereocenters. The van der Waals surface area contributed by atoms with E-state index in [0.717, 1.165) is 33.5 Å². The molecule has 0 saturated heterocycles. The molecule has 0 aliphatic carbocycles. The highest BCUT2D eigenvalue weighted by Gasteiger charge is 2.03. The first-order valence-corrected chi connectivity index (χ1v) is 8.92. The molecule has 0 N–H and O–H groups in total. The summed E-state index contributed by atoms with van der Waals surface area (Å²) in [6, 6.07) is 26.4. The number of hydrogen-bond donors (Lipinski definition) is 0. The lowest BCUT2D eigenvalue weighted by molar-refractivity contribution is 0.306. The van der Waals surface area contributed by atoms with Crippen molar-refractivity contribution < 1.29 is 9.47 Å². The van der Waals surface area contributed by atoms with Crippen LogP contribution < -0.4 is 9.47 Å². The number of methoxy groups -OCH3 is 1. The lowest BCUT2D eigenvalue weighted by atomic mass is 10.2. The number of hydrogen-bond acceptors (Lipinski definition) is 2. The Morgan fingerprint density at radius 3 is 2.56 bits per heavy atom. The molecule has 4 aromatic rings. The van der Waals surface area contributed by atoms with E-state index in [2.05, 4.69) is 47.2 Å². The lowest BCUT2D eigenvalue weighted by Gasteiger charge is -2.07. The molecule has 134 valence electrons. The van der Waals surface area contributed by atoms with Crippen LogP contribution in [-0.2, 0) is 6.61 Å². The molecule has 1 aromatic heterocycles. The van der Waals surface area contributed by atoms with E-state index >= 15 is 0 Å². The van der Waals surface area contributed by atoms with Gasteiger partial charge in [0.25, 0.3) is 0 Å². The second-order valence-electron chi connectivity index (χ2n) is 6.28. The Hall–Kier alpha value is -3.46. The molecular weight excluding hydrogens is 334 g/mol. The zero-order valence-corrected chi connectivity index (χ0v) is 15.2. The molecule has 0 saturated carbocycles. The van der Waals surface area contributed by atoms with Crippen LogP contribution in [0.5, 0.6) is 11.5 Å². The summed E-state index contributed by atoms with van der Waals surface area (Å²) in [5, 5.41) is 1.14. The molecule has 0 atom stereocenters. The van der Waals surface area contributed by atoms with Crippen molar-refractivity contribution >= 4 is 23.2 Å². The second kappa shape index (κ2) is 7.83. The van der Waals surface area contributed by atoms with E-state index in [-0.39, 0.29) is 0 Å². The lowest BCUT2D eigenvalue weighted by Crippen LogP contribution is -1.94. The SMILES string of the molecule is COc1ccccc1/C=C/n1ccc2cc(OCc3ccccc3)ccc21. The Labute approximate surface area is 159 Å². The van der Waals surface area contributed by atoms with E-state index < -0.39 is 0 Å². The van der Waals surface area contributed by atoms with Gasteiger partial charge in [0, 0.05) is 23.3 Å². The molecule has 3 heteroatoms. The fourth-order valence-electron chi connectivity index (χ4n) is 3.07. The fraction of sp³-hybridized carbons (Fsp3) is 0.0833. The molecular formula is C24H21NO2. The first-order valence-electron chi connectivity index (χ1n) is 8.92. The highest BCUT2D eigenvalue weighted by molar-refractivity contribution is 5.84. The van der Waals surface area contributed by atoms with Crippen LogP contribution in [0, 0.1) is 0 Å². The average molecular weight is 355 g/mol. The molecule has 0 spiro atoms. The normalized spacial score (nSPS) is 11.1. The van der Waals surface area contributed by atoms with Crippen molar-refractivity contribution in [3.8, 4) is 11.5 Å². The number of fused-ring (bicyclic) bond motifs is 1. The molecule has 0 aliphatic heterocycles. The van der Waals surface area contributed by atoms with Crippen LogP contribution >= 0.6 is 0 Å². The minimum Gasteiger partial charge on any atom is -0.496 e. The standard InChI is InChI=1S/C24H21NO2/c1-26-24-10-6-5-9-20(24)13-15-25-16-14-21-17-22(11-12-23(21)25)27-18-19-7-3-2-4-8-19/h2-17H,18H2,1H3/b15-13+. The van der Waals surface area contributed by atoms with Gasteiger partial charge in [-0.05, 0) is 42.0 Å². The van der Waals surface area contributed by atoms with E-state index in [9.17, 15) is 0 Å². The van der Waals surface area contributed by atoms with Gasteiger partial charge >= 0.3 is 0 Å². The third-order valence-corrected chi connectivity index (χ3v) is 4.49. The van der Waals surface area contributed by atoms with Crippen LogP contribution in [0.3, 0.4) is 0 Å². The van der Waals surface area contributed by atoms with Gasteiger partial charge in [-0.2, -0.15) is 0 Å². The molecule has 3 nitrogen and oxygen atoms in total. The largest absolute Gasteiger partial charge is 0.496 e. The first-order chi connectivity index (χ1) is 13.3. The smallest absolute Gasteiger partial charge is 0.126 e. The summed E-state index contributed by atoms with van der Waals surface area (Å²) in [6.07, 6.45) is 6.15. The van der Waals surface area contributed by atoms with Gasteiger partial charge in [0.1, 0.15) is 18.1 Å². The predicted molar refractivity (Wildman–Crippen MR) is 111 cm³/mol. The van der Waals surface area contributed by atoms with Gasteiger partial charge in [-0.15, -0.1) is 0 Å². The predicted octanol–water partition coefficient (Wildman–Crippen LogP) is 5.86. The summed E-state index contributed by atoms with van der Waals surface area (Å²) in [5.74, 6) is 1.74. The highest BCUT2D eigenvalue weighted by Crippen LogP contribution is 2.24. The van der Waals surface area contributed by atoms with Gasteiger partial charge in [-0.1, -0.05) is 48.5 Å². The third-order valence-electron chi connectivity index (χ3n) is 4.49. The van der Waals surface area contributed by atoms with Crippen molar-refractivity contribution in [1.29, 1.82) is 0 Å². The van der Waals surface area contributed by atoms with Crippen molar-refractivity contribution in [2.45, 2.75) is 6.61 Å². The topological polar surface area (TPSA) is 23.4 Å². The minimum atomic E-state index is 0.570. The molecule has 1 heterocycles. The fourth-order valence-corrected chi connectivity index (χ4v) is 3.07. The van der Waals surface area contributed by atoms with Crippen molar-refractivity contribution in [2.24, 2.45) is 0 Å². The van der Waals surface area contributed by atoms with Crippen LogP contribution in [0.15, 0.2) is 85.1 Å². The minimum absolute atomic E-state index is 0.570. The third kappa shape index (κ3) is 3.87. The van der Waals surface area contributed by atoms with Crippen LogP contribution in [0.25, 0.3) is 23.2 Å².